The molecular formula is C16H25N3O. The number of rotatable bonds is 7. The molecule has 1 amide bonds. The first-order valence-electron chi connectivity index (χ1n) is 7.47. The Morgan fingerprint density at radius 3 is 3.00 bits per heavy atom. The highest BCUT2D eigenvalue weighted by Gasteiger charge is 2.17. The van der Waals surface area contributed by atoms with E-state index in [1.54, 1.807) is 0 Å². The van der Waals surface area contributed by atoms with Crippen LogP contribution in [0.1, 0.15) is 18.9 Å². The average Bonchev–Trinajstić information content (AvgIpc) is 2.87. The van der Waals surface area contributed by atoms with Gasteiger partial charge in [-0.05, 0) is 31.5 Å². The molecule has 4 nitrogen and oxygen atoms in total. The molecule has 110 valence electrons. The third-order valence-corrected chi connectivity index (χ3v) is 3.85. The molecular weight excluding hydrogens is 250 g/mol. The van der Waals surface area contributed by atoms with Gasteiger partial charge in [0.05, 0.1) is 0 Å². The van der Waals surface area contributed by atoms with E-state index >= 15 is 0 Å². The molecule has 1 aliphatic heterocycles. The van der Waals surface area contributed by atoms with Crippen LogP contribution in [-0.2, 0) is 11.2 Å². The summed E-state index contributed by atoms with van der Waals surface area (Å²) in [6.07, 6.45) is 2.13. The zero-order chi connectivity index (χ0) is 14.4. The molecule has 0 saturated heterocycles. The molecule has 1 aliphatic rings. The van der Waals surface area contributed by atoms with Gasteiger partial charge in [-0.3, -0.25) is 4.79 Å². The fraction of sp³-hybridized carbons (Fsp3) is 0.562. The van der Waals surface area contributed by atoms with Gasteiger partial charge in [0.1, 0.15) is 0 Å². The SMILES string of the molecule is CNCC(C)C(=O)NCCCN1CCc2ccccc21. The van der Waals surface area contributed by atoms with Crippen molar-refractivity contribution in [3.8, 4) is 0 Å². The monoisotopic (exact) mass is 275 g/mol. The molecule has 0 aromatic heterocycles. The van der Waals surface area contributed by atoms with Gasteiger partial charge in [-0.1, -0.05) is 25.1 Å². The first-order valence-corrected chi connectivity index (χ1v) is 7.47. The van der Waals surface area contributed by atoms with Gasteiger partial charge in [0.15, 0.2) is 0 Å². The summed E-state index contributed by atoms with van der Waals surface area (Å²) in [7, 11) is 1.87. The van der Waals surface area contributed by atoms with Crippen molar-refractivity contribution < 1.29 is 4.79 Å². The van der Waals surface area contributed by atoms with Gasteiger partial charge in [-0.2, -0.15) is 0 Å². The van der Waals surface area contributed by atoms with E-state index in [0.717, 1.165) is 39.0 Å². The number of benzene rings is 1. The Labute approximate surface area is 121 Å². The normalized spacial score (nSPS) is 15.0. The number of para-hydroxylation sites is 1. The number of carbonyl (C=O) groups is 1. The standard InChI is InChI=1S/C16H25N3O/c1-13(12-17-2)16(20)18-9-5-10-19-11-8-14-6-3-4-7-15(14)19/h3-4,6-7,13,17H,5,8-12H2,1-2H3,(H,18,20). The minimum atomic E-state index is 0.0347. The van der Waals surface area contributed by atoms with Crippen molar-refractivity contribution in [1.29, 1.82) is 0 Å². The molecule has 0 bridgehead atoms. The Morgan fingerprint density at radius 1 is 1.40 bits per heavy atom. The van der Waals surface area contributed by atoms with Gasteiger partial charge >= 0.3 is 0 Å². The van der Waals surface area contributed by atoms with Crippen molar-refractivity contribution in [2.45, 2.75) is 19.8 Å². The lowest BCUT2D eigenvalue weighted by Crippen LogP contribution is -2.36. The second-order valence-electron chi connectivity index (χ2n) is 5.47. The van der Waals surface area contributed by atoms with Gasteiger partial charge in [0.2, 0.25) is 5.91 Å². The molecule has 1 aromatic rings. The lowest BCUT2D eigenvalue weighted by atomic mass is 10.1. The van der Waals surface area contributed by atoms with Crippen molar-refractivity contribution in [2.75, 3.05) is 38.1 Å². The fourth-order valence-electron chi connectivity index (χ4n) is 2.69. The quantitative estimate of drug-likeness (QED) is 0.740. The van der Waals surface area contributed by atoms with E-state index in [-0.39, 0.29) is 11.8 Å². The summed E-state index contributed by atoms with van der Waals surface area (Å²) in [5, 5.41) is 6.04. The Kier molecular flexibility index (Phi) is 5.41. The second kappa shape index (κ2) is 7.29. The van der Waals surface area contributed by atoms with E-state index in [1.165, 1.54) is 11.3 Å². The summed E-state index contributed by atoms with van der Waals surface area (Å²) < 4.78 is 0. The number of carbonyl (C=O) groups excluding carboxylic acids is 1. The van der Waals surface area contributed by atoms with E-state index in [2.05, 4.69) is 39.8 Å². The van der Waals surface area contributed by atoms with E-state index in [0.29, 0.717) is 0 Å². The summed E-state index contributed by atoms with van der Waals surface area (Å²) in [5.74, 6) is 0.175. The fourth-order valence-corrected chi connectivity index (χ4v) is 2.69. The van der Waals surface area contributed by atoms with Crippen LogP contribution in [0.3, 0.4) is 0 Å². The van der Waals surface area contributed by atoms with Crippen LogP contribution >= 0.6 is 0 Å². The highest BCUT2D eigenvalue weighted by atomic mass is 16.1. The molecule has 2 rings (SSSR count). The predicted octanol–water partition coefficient (Wildman–Crippen LogP) is 1.41. The molecule has 4 heteroatoms. The summed E-state index contributed by atoms with van der Waals surface area (Å²) in [6.45, 7) is 5.54. The van der Waals surface area contributed by atoms with E-state index < -0.39 is 0 Å². The molecule has 0 saturated carbocycles. The molecule has 1 aromatic carbocycles. The summed E-state index contributed by atoms with van der Waals surface area (Å²) >= 11 is 0. The van der Waals surface area contributed by atoms with Crippen molar-refractivity contribution >= 4 is 11.6 Å². The molecule has 2 N–H and O–H groups in total. The molecule has 1 heterocycles. The van der Waals surface area contributed by atoms with E-state index in [9.17, 15) is 4.79 Å². The number of hydrogen-bond donors (Lipinski definition) is 2. The van der Waals surface area contributed by atoms with Crippen molar-refractivity contribution in [2.24, 2.45) is 5.92 Å². The zero-order valence-corrected chi connectivity index (χ0v) is 12.5. The lowest BCUT2D eigenvalue weighted by Gasteiger charge is -2.19. The Morgan fingerprint density at radius 2 is 2.20 bits per heavy atom. The average molecular weight is 275 g/mol. The van der Waals surface area contributed by atoms with Gasteiger partial charge in [-0.15, -0.1) is 0 Å². The first-order chi connectivity index (χ1) is 9.72. The topological polar surface area (TPSA) is 44.4 Å². The van der Waals surface area contributed by atoms with Crippen molar-refractivity contribution in [3.05, 3.63) is 29.8 Å². The van der Waals surface area contributed by atoms with Crippen LogP contribution in [-0.4, -0.2) is 39.1 Å². The van der Waals surface area contributed by atoms with E-state index in [1.807, 2.05) is 14.0 Å². The molecule has 0 radical (unpaired) electrons. The van der Waals surface area contributed by atoms with E-state index in [4.69, 9.17) is 0 Å². The van der Waals surface area contributed by atoms with Crippen LogP contribution in [0.4, 0.5) is 5.69 Å². The number of anilines is 1. The number of amides is 1. The molecule has 1 atom stereocenters. The summed E-state index contributed by atoms with van der Waals surface area (Å²) in [5.41, 5.74) is 2.81. The predicted molar refractivity (Wildman–Crippen MR) is 83.1 cm³/mol. The van der Waals surface area contributed by atoms with Gasteiger partial charge < -0.3 is 15.5 Å². The molecule has 0 spiro atoms. The largest absolute Gasteiger partial charge is 0.371 e. The molecule has 1 unspecified atom stereocenters. The molecule has 20 heavy (non-hydrogen) atoms. The summed E-state index contributed by atoms with van der Waals surface area (Å²) in [4.78, 5) is 14.2. The minimum Gasteiger partial charge on any atom is -0.371 e. The van der Waals surface area contributed by atoms with Crippen LogP contribution in [0.2, 0.25) is 0 Å². The van der Waals surface area contributed by atoms with Crippen LogP contribution in [0.25, 0.3) is 0 Å². The number of nitrogens with zero attached hydrogens (tertiary/aromatic N) is 1. The number of nitrogens with one attached hydrogen (secondary N) is 2. The van der Waals surface area contributed by atoms with Crippen LogP contribution in [0.15, 0.2) is 24.3 Å². The van der Waals surface area contributed by atoms with Crippen molar-refractivity contribution in [3.63, 3.8) is 0 Å². The number of hydrogen-bond acceptors (Lipinski definition) is 3. The van der Waals surface area contributed by atoms with Crippen molar-refractivity contribution in [1.82, 2.24) is 10.6 Å². The third kappa shape index (κ3) is 3.73. The van der Waals surface area contributed by atoms with Gasteiger partial charge in [-0.25, -0.2) is 0 Å². The first kappa shape index (κ1) is 14.9. The zero-order valence-electron chi connectivity index (χ0n) is 12.5. The smallest absolute Gasteiger partial charge is 0.224 e. The minimum absolute atomic E-state index is 0.0347. The molecule has 0 aliphatic carbocycles. The number of fused-ring (bicyclic) bond motifs is 1. The maximum atomic E-state index is 11.8. The van der Waals surface area contributed by atoms with Crippen LogP contribution in [0.5, 0.6) is 0 Å². The Hall–Kier alpha value is -1.55. The Balaban J connectivity index is 1.69. The highest BCUT2D eigenvalue weighted by molar-refractivity contribution is 5.78. The lowest BCUT2D eigenvalue weighted by molar-refractivity contribution is -0.124. The maximum absolute atomic E-state index is 11.8. The highest BCUT2D eigenvalue weighted by Crippen LogP contribution is 2.27. The maximum Gasteiger partial charge on any atom is 0.224 e. The second-order valence-corrected chi connectivity index (χ2v) is 5.47. The van der Waals surface area contributed by atoms with Crippen LogP contribution < -0.4 is 15.5 Å². The molecule has 0 fully saturated rings. The third-order valence-electron chi connectivity index (χ3n) is 3.85. The Bertz CT molecular complexity index is 447. The van der Waals surface area contributed by atoms with Gasteiger partial charge in [0.25, 0.3) is 0 Å². The summed E-state index contributed by atoms with van der Waals surface area (Å²) in [6, 6.07) is 8.59. The van der Waals surface area contributed by atoms with Gasteiger partial charge in [0, 0.05) is 37.8 Å². The van der Waals surface area contributed by atoms with Crippen LogP contribution in [0, 0.1) is 5.92 Å².